The van der Waals surface area contributed by atoms with Gasteiger partial charge in [-0.15, -0.1) is 0 Å². The van der Waals surface area contributed by atoms with Gasteiger partial charge in [0.25, 0.3) is 5.91 Å². The third-order valence-corrected chi connectivity index (χ3v) is 3.95. The highest BCUT2D eigenvalue weighted by atomic mass is 16.3. The molecule has 1 aliphatic rings. The van der Waals surface area contributed by atoms with E-state index in [0.29, 0.717) is 12.5 Å². The van der Waals surface area contributed by atoms with E-state index in [0.717, 1.165) is 32.5 Å². The normalized spacial score (nSPS) is 17.1. The van der Waals surface area contributed by atoms with Gasteiger partial charge in [-0.05, 0) is 50.5 Å². The van der Waals surface area contributed by atoms with Crippen LogP contribution in [0.15, 0.2) is 18.2 Å². The van der Waals surface area contributed by atoms with Crippen molar-refractivity contribution < 1.29 is 15.0 Å². The second kappa shape index (κ2) is 6.61. The van der Waals surface area contributed by atoms with E-state index >= 15 is 0 Å². The number of carbonyl (C=O) groups excluding carboxylic acids is 1. The van der Waals surface area contributed by atoms with Gasteiger partial charge in [0.15, 0.2) is 0 Å². The molecule has 3 N–H and O–H groups in total. The van der Waals surface area contributed by atoms with Crippen LogP contribution in [0.5, 0.6) is 11.5 Å². The molecule has 1 aromatic rings. The van der Waals surface area contributed by atoms with Crippen LogP contribution in [0, 0.1) is 5.92 Å². The molecule has 0 aromatic heterocycles. The standard InChI is InChI=1S/C15H22N2O3/c1-2-17-8-6-11(7-9-17)10-16-15(20)14-12(18)4-3-5-13(14)19/h3-5,11,18-19H,2,6-10H2,1H3,(H,16,20). The predicted octanol–water partition coefficient (Wildman–Crippen LogP) is 1.56. The molecule has 0 saturated carbocycles. The van der Waals surface area contributed by atoms with Crippen LogP contribution in [0.3, 0.4) is 0 Å². The van der Waals surface area contributed by atoms with Crippen molar-refractivity contribution in [2.45, 2.75) is 19.8 Å². The summed E-state index contributed by atoms with van der Waals surface area (Å²) in [6, 6.07) is 4.30. The van der Waals surface area contributed by atoms with E-state index in [2.05, 4.69) is 17.1 Å². The van der Waals surface area contributed by atoms with Crippen molar-refractivity contribution in [1.82, 2.24) is 10.2 Å². The predicted molar refractivity (Wildman–Crippen MR) is 76.9 cm³/mol. The molecule has 0 atom stereocenters. The minimum Gasteiger partial charge on any atom is -0.507 e. The summed E-state index contributed by atoms with van der Waals surface area (Å²) < 4.78 is 0. The fraction of sp³-hybridized carbons (Fsp3) is 0.533. The minimum absolute atomic E-state index is 0.0431. The van der Waals surface area contributed by atoms with Crippen LogP contribution < -0.4 is 5.32 Å². The Morgan fingerprint density at radius 3 is 2.45 bits per heavy atom. The Morgan fingerprint density at radius 2 is 1.90 bits per heavy atom. The molecular formula is C15H22N2O3. The molecule has 0 aliphatic carbocycles. The van der Waals surface area contributed by atoms with E-state index in [1.54, 1.807) is 0 Å². The van der Waals surface area contributed by atoms with Crippen LogP contribution in [0.1, 0.15) is 30.1 Å². The monoisotopic (exact) mass is 278 g/mol. The van der Waals surface area contributed by atoms with Crippen molar-refractivity contribution in [1.29, 1.82) is 0 Å². The molecule has 0 unspecified atom stereocenters. The van der Waals surface area contributed by atoms with E-state index in [9.17, 15) is 15.0 Å². The Bertz CT molecular complexity index is 448. The lowest BCUT2D eigenvalue weighted by Gasteiger charge is -2.31. The van der Waals surface area contributed by atoms with Gasteiger partial charge in [0.05, 0.1) is 0 Å². The number of nitrogens with one attached hydrogen (secondary N) is 1. The number of carbonyl (C=O) groups is 1. The zero-order chi connectivity index (χ0) is 14.5. The summed E-state index contributed by atoms with van der Waals surface area (Å²) in [5, 5.41) is 22.1. The van der Waals surface area contributed by atoms with Crippen molar-refractivity contribution >= 4 is 5.91 Å². The van der Waals surface area contributed by atoms with Crippen molar-refractivity contribution in [3.05, 3.63) is 23.8 Å². The van der Waals surface area contributed by atoms with Gasteiger partial charge < -0.3 is 20.4 Å². The Labute approximate surface area is 119 Å². The van der Waals surface area contributed by atoms with Crippen LogP contribution in [-0.4, -0.2) is 47.2 Å². The maximum atomic E-state index is 12.0. The summed E-state index contributed by atoms with van der Waals surface area (Å²) in [7, 11) is 0. The third-order valence-electron chi connectivity index (χ3n) is 3.95. The lowest BCUT2D eigenvalue weighted by molar-refractivity contribution is 0.0931. The molecule has 1 heterocycles. The highest BCUT2D eigenvalue weighted by Crippen LogP contribution is 2.26. The van der Waals surface area contributed by atoms with Crippen LogP contribution in [0.4, 0.5) is 0 Å². The fourth-order valence-electron chi connectivity index (χ4n) is 2.59. The summed E-state index contributed by atoms with van der Waals surface area (Å²) in [5.41, 5.74) is -0.0431. The number of benzene rings is 1. The molecule has 0 spiro atoms. The molecule has 20 heavy (non-hydrogen) atoms. The Balaban J connectivity index is 1.87. The second-order valence-electron chi connectivity index (χ2n) is 5.26. The first kappa shape index (κ1) is 14.7. The molecule has 1 aliphatic heterocycles. The number of phenolic OH excluding ortho intramolecular Hbond substituents is 2. The number of hydrogen-bond acceptors (Lipinski definition) is 4. The van der Waals surface area contributed by atoms with Gasteiger partial charge in [-0.25, -0.2) is 0 Å². The van der Waals surface area contributed by atoms with Crippen LogP contribution in [0.2, 0.25) is 0 Å². The largest absolute Gasteiger partial charge is 0.507 e. The Hall–Kier alpha value is -1.75. The molecule has 5 nitrogen and oxygen atoms in total. The number of likely N-dealkylation sites (tertiary alicyclic amines) is 1. The first-order valence-electron chi connectivity index (χ1n) is 7.13. The highest BCUT2D eigenvalue weighted by Gasteiger charge is 2.20. The number of rotatable bonds is 4. The molecule has 0 bridgehead atoms. The summed E-state index contributed by atoms with van der Waals surface area (Å²) in [4.78, 5) is 14.4. The summed E-state index contributed by atoms with van der Waals surface area (Å²) in [5.74, 6) is -0.333. The molecule has 1 fully saturated rings. The number of piperidine rings is 1. The Morgan fingerprint density at radius 1 is 1.30 bits per heavy atom. The topological polar surface area (TPSA) is 72.8 Å². The van der Waals surface area contributed by atoms with Crippen molar-refractivity contribution in [3.8, 4) is 11.5 Å². The van der Waals surface area contributed by atoms with Gasteiger partial charge in [-0.3, -0.25) is 4.79 Å². The maximum absolute atomic E-state index is 12.0. The minimum atomic E-state index is -0.418. The lowest BCUT2D eigenvalue weighted by Crippen LogP contribution is -2.38. The second-order valence-corrected chi connectivity index (χ2v) is 5.26. The van der Waals surface area contributed by atoms with E-state index in [1.807, 2.05) is 0 Å². The average molecular weight is 278 g/mol. The molecule has 1 amide bonds. The number of phenols is 2. The van der Waals surface area contributed by atoms with E-state index in [4.69, 9.17) is 0 Å². The number of nitrogens with zero attached hydrogens (tertiary/aromatic N) is 1. The average Bonchev–Trinajstić information content (AvgIpc) is 2.45. The van der Waals surface area contributed by atoms with Crippen LogP contribution in [-0.2, 0) is 0 Å². The molecule has 110 valence electrons. The van der Waals surface area contributed by atoms with Gasteiger partial charge in [-0.1, -0.05) is 13.0 Å². The van der Waals surface area contributed by atoms with Crippen molar-refractivity contribution in [3.63, 3.8) is 0 Å². The maximum Gasteiger partial charge on any atom is 0.258 e. The zero-order valence-corrected chi connectivity index (χ0v) is 11.8. The van der Waals surface area contributed by atoms with Gasteiger partial charge in [0.2, 0.25) is 0 Å². The smallest absolute Gasteiger partial charge is 0.258 e. The van der Waals surface area contributed by atoms with Crippen molar-refractivity contribution in [2.24, 2.45) is 5.92 Å². The first-order valence-corrected chi connectivity index (χ1v) is 7.13. The summed E-state index contributed by atoms with van der Waals surface area (Å²) in [6.45, 7) is 5.95. The molecule has 5 heteroatoms. The summed E-state index contributed by atoms with van der Waals surface area (Å²) >= 11 is 0. The van der Waals surface area contributed by atoms with Crippen molar-refractivity contribution in [2.75, 3.05) is 26.2 Å². The number of hydrogen-bond donors (Lipinski definition) is 3. The van der Waals surface area contributed by atoms with Gasteiger partial charge in [0, 0.05) is 6.54 Å². The van der Waals surface area contributed by atoms with Crippen LogP contribution >= 0.6 is 0 Å². The zero-order valence-electron chi connectivity index (χ0n) is 11.8. The Kier molecular flexibility index (Phi) is 4.84. The highest BCUT2D eigenvalue weighted by molar-refractivity contribution is 5.99. The fourth-order valence-corrected chi connectivity index (χ4v) is 2.59. The number of aromatic hydroxyl groups is 2. The molecular weight excluding hydrogens is 256 g/mol. The lowest BCUT2D eigenvalue weighted by atomic mass is 9.96. The molecule has 2 rings (SSSR count). The van der Waals surface area contributed by atoms with E-state index in [1.165, 1.54) is 18.2 Å². The van der Waals surface area contributed by atoms with Gasteiger partial charge >= 0.3 is 0 Å². The quantitative estimate of drug-likeness (QED) is 0.781. The van der Waals surface area contributed by atoms with E-state index in [-0.39, 0.29) is 17.1 Å². The summed E-state index contributed by atoms with van der Waals surface area (Å²) in [6.07, 6.45) is 2.14. The SMILES string of the molecule is CCN1CCC(CNC(=O)c2c(O)cccc2O)CC1. The first-order chi connectivity index (χ1) is 9.61. The van der Waals surface area contributed by atoms with Crippen LogP contribution in [0.25, 0.3) is 0 Å². The number of amides is 1. The van der Waals surface area contributed by atoms with Gasteiger partial charge in [0.1, 0.15) is 17.1 Å². The molecule has 1 saturated heterocycles. The molecule has 0 radical (unpaired) electrons. The van der Waals surface area contributed by atoms with E-state index < -0.39 is 5.91 Å². The van der Waals surface area contributed by atoms with Gasteiger partial charge in [-0.2, -0.15) is 0 Å². The third kappa shape index (κ3) is 3.42. The molecule has 1 aromatic carbocycles.